The second-order valence-corrected chi connectivity index (χ2v) is 6.20. The van der Waals surface area contributed by atoms with Crippen LogP contribution in [0.1, 0.15) is 39.0 Å². The lowest BCUT2D eigenvalue weighted by atomic mass is 10.0. The van der Waals surface area contributed by atoms with E-state index in [0.717, 1.165) is 25.7 Å². The van der Waals surface area contributed by atoms with Gasteiger partial charge in [0.05, 0.1) is 0 Å². The maximum absolute atomic E-state index is 12.1. The zero-order valence-electron chi connectivity index (χ0n) is 12.5. The summed E-state index contributed by atoms with van der Waals surface area (Å²) in [4.78, 5) is 27.9. The van der Waals surface area contributed by atoms with E-state index in [4.69, 9.17) is 5.73 Å². The van der Waals surface area contributed by atoms with Crippen LogP contribution in [0.15, 0.2) is 0 Å². The fraction of sp³-hybridized carbons (Fsp3) is 0.867. The second-order valence-electron chi connectivity index (χ2n) is 6.20. The molecule has 1 saturated carbocycles. The van der Waals surface area contributed by atoms with Crippen LogP contribution in [0.25, 0.3) is 0 Å². The molecule has 2 fully saturated rings. The Morgan fingerprint density at radius 3 is 2.25 bits per heavy atom. The molecule has 1 heterocycles. The molecule has 1 unspecified atom stereocenters. The van der Waals surface area contributed by atoms with E-state index in [0.29, 0.717) is 51.0 Å². The van der Waals surface area contributed by atoms with Crippen LogP contribution in [0.5, 0.6) is 0 Å². The highest BCUT2D eigenvalue weighted by molar-refractivity contribution is 5.81. The van der Waals surface area contributed by atoms with E-state index < -0.39 is 0 Å². The summed E-state index contributed by atoms with van der Waals surface area (Å²) in [7, 11) is 0. The summed E-state index contributed by atoms with van der Waals surface area (Å²) in [6, 6.07) is 0. The van der Waals surface area contributed by atoms with Gasteiger partial charge in [0.15, 0.2) is 0 Å². The van der Waals surface area contributed by atoms with Crippen LogP contribution in [0.4, 0.5) is 0 Å². The number of carbonyl (C=O) groups excluding carboxylic acids is 2. The number of carbonyl (C=O) groups is 2. The Kier molecular flexibility index (Phi) is 5.40. The molecule has 20 heavy (non-hydrogen) atoms. The Labute approximate surface area is 121 Å². The van der Waals surface area contributed by atoms with Crippen molar-refractivity contribution in [3.05, 3.63) is 0 Å². The molecular formula is C15H27N3O2. The highest BCUT2D eigenvalue weighted by atomic mass is 16.2. The van der Waals surface area contributed by atoms with Gasteiger partial charge in [0.1, 0.15) is 0 Å². The van der Waals surface area contributed by atoms with Crippen molar-refractivity contribution >= 4 is 11.8 Å². The predicted octanol–water partition coefficient (Wildman–Crippen LogP) is 0.832. The first-order valence-corrected chi connectivity index (χ1v) is 7.88. The summed E-state index contributed by atoms with van der Waals surface area (Å²) in [5.74, 6) is 1.33. The largest absolute Gasteiger partial charge is 0.339 e. The van der Waals surface area contributed by atoms with E-state index in [1.54, 1.807) is 0 Å². The lowest BCUT2D eigenvalue weighted by Gasteiger charge is -2.35. The lowest BCUT2D eigenvalue weighted by molar-refractivity contribution is -0.140. The minimum atomic E-state index is 0.229. The second kappa shape index (κ2) is 7.07. The van der Waals surface area contributed by atoms with Crippen molar-refractivity contribution in [2.75, 3.05) is 32.7 Å². The first-order chi connectivity index (χ1) is 9.61. The molecule has 5 nitrogen and oxygen atoms in total. The number of nitrogens with two attached hydrogens (primary N) is 1. The van der Waals surface area contributed by atoms with Crippen molar-refractivity contribution in [1.29, 1.82) is 0 Å². The lowest BCUT2D eigenvalue weighted by Crippen LogP contribution is -2.51. The van der Waals surface area contributed by atoms with Crippen molar-refractivity contribution < 1.29 is 9.59 Å². The third-order valence-corrected chi connectivity index (χ3v) is 4.38. The van der Waals surface area contributed by atoms with Gasteiger partial charge in [0.2, 0.25) is 11.8 Å². The SMILES string of the molecule is CC(CCN)CCC(=O)N1CCN(C(=O)C2CC2)CC1. The van der Waals surface area contributed by atoms with Crippen LogP contribution >= 0.6 is 0 Å². The number of hydrogen-bond donors (Lipinski definition) is 1. The number of hydrogen-bond acceptors (Lipinski definition) is 3. The van der Waals surface area contributed by atoms with Crippen molar-refractivity contribution in [2.45, 2.75) is 39.0 Å². The van der Waals surface area contributed by atoms with Gasteiger partial charge in [0.25, 0.3) is 0 Å². The molecule has 5 heteroatoms. The number of piperazine rings is 1. The molecule has 0 radical (unpaired) electrons. The van der Waals surface area contributed by atoms with Gasteiger partial charge in [-0.15, -0.1) is 0 Å². The number of nitrogens with zero attached hydrogens (tertiary/aromatic N) is 2. The standard InChI is InChI=1S/C15H27N3O2/c1-12(6-7-16)2-5-14(19)17-8-10-18(11-9-17)15(20)13-3-4-13/h12-13H,2-11,16H2,1H3. The smallest absolute Gasteiger partial charge is 0.225 e. The monoisotopic (exact) mass is 281 g/mol. The minimum Gasteiger partial charge on any atom is -0.339 e. The first-order valence-electron chi connectivity index (χ1n) is 7.88. The third-order valence-electron chi connectivity index (χ3n) is 4.38. The molecule has 2 amide bonds. The number of amides is 2. The molecular weight excluding hydrogens is 254 g/mol. The molecule has 1 atom stereocenters. The zero-order chi connectivity index (χ0) is 14.5. The maximum Gasteiger partial charge on any atom is 0.225 e. The fourth-order valence-corrected chi connectivity index (χ4v) is 2.72. The third kappa shape index (κ3) is 4.20. The van der Waals surface area contributed by atoms with E-state index >= 15 is 0 Å². The maximum atomic E-state index is 12.1. The van der Waals surface area contributed by atoms with Crippen molar-refractivity contribution in [1.82, 2.24) is 9.80 Å². The van der Waals surface area contributed by atoms with E-state index in [2.05, 4.69) is 6.92 Å². The molecule has 0 aromatic carbocycles. The van der Waals surface area contributed by atoms with Gasteiger partial charge in [-0.2, -0.15) is 0 Å². The van der Waals surface area contributed by atoms with Gasteiger partial charge in [-0.25, -0.2) is 0 Å². The highest BCUT2D eigenvalue weighted by Gasteiger charge is 2.35. The van der Waals surface area contributed by atoms with Gasteiger partial charge < -0.3 is 15.5 Å². The fourth-order valence-electron chi connectivity index (χ4n) is 2.72. The van der Waals surface area contributed by atoms with Gasteiger partial charge >= 0.3 is 0 Å². The Bertz CT molecular complexity index is 347. The Morgan fingerprint density at radius 1 is 1.10 bits per heavy atom. The molecule has 1 aliphatic heterocycles. The summed E-state index contributed by atoms with van der Waals surface area (Å²) < 4.78 is 0. The van der Waals surface area contributed by atoms with Crippen molar-refractivity contribution in [2.24, 2.45) is 17.6 Å². The van der Waals surface area contributed by atoms with Crippen LogP contribution in [0.3, 0.4) is 0 Å². The van der Waals surface area contributed by atoms with E-state index in [-0.39, 0.29) is 11.8 Å². The minimum absolute atomic E-state index is 0.229. The van der Waals surface area contributed by atoms with Gasteiger partial charge in [0, 0.05) is 38.5 Å². The van der Waals surface area contributed by atoms with Crippen LogP contribution in [-0.2, 0) is 9.59 Å². The Balaban J connectivity index is 1.67. The first kappa shape index (κ1) is 15.3. The molecule has 0 aromatic rings. The van der Waals surface area contributed by atoms with Gasteiger partial charge in [-0.3, -0.25) is 9.59 Å². The van der Waals surface area contributed by atoms with Crippen molar-refractivity contribution in [3.8, 4) is 0 Å². The van der Waals surface area contributed by atoms with Crippen molar-refractivity contribution in [3.63, 3.8) is 0 Å². The summed E-state index contributed by atoms with van der Waals surface area (Å²) >= 11 is 0. The van der Waals surface area contributed by atoms with E-state index in [1.807, 2.05) is 9.80 Å². The molecule has 0 aromatic heterocycles. The number of rotatable bonds is 6. The van der Waals surface area contributed by atoms with E-state index in [9.17, 15) is 9.59 Å². The zero-order valence-corrected chi connectivity index (χ0v) is 12.5. The average molecular weight is 281 g/mol. The Hall–Kier alpha value is -1.10. The normalized spacial score (nSPS) is 20.9. The highest BCUT2D eigenvalue weighted by Crippen LogP contribution is 2.31. The molecule has 0 bridgehead atoms. The Morgan fingerprint density at radius 2 is 1.70 bits per heavy atom. The van der Waals surface area contributed by atoms with Crippen LogP contribution in [0, 0.1) is 11.8 Å². The van der Waals surface area contributed by atoms with E-state index in [1.165, 1.54) is 0 Å². The van der Waals surface area contributed by atoms with Crippen LogP contribution < -0.4 is 5.73 Å². The molecule has 2 rings (SSSR count). The molecule has 114 valence electrons. The van der Waals surface area contributed by atoms with Gasteiger partial charge in [-0.05, 0) is 38.1 Å². The molecule has 1 aliphatic carbocycles. The summed E-state index contributed by atoms with van der Waals surface area (Å²) in [6.07, 6.45) is 4.61. The van der Waals surface area contributed by atoms with Crippen LogP contribution in [-0.4, -0.2) is 54.3 Å². The molecule has 2 aliphatic rings. The summed E-state index contributed by atoms with van der Waals surface area (Å²) in [5.41, 5.74) is 5.52. The summed E-state index contributed by atoms with van der Waals surface area (Å²) in [6.45, 7) is 5.65. The quantitative estimate of drug-likeness (QED) is 0.784. The molecule has 1 saturated heterocycles. The summed E-state index contributed by atoms with van der Waals surface area (Å²) in [5, 5.41) is 0. The van der Waals surface area contributed by atoms with Gasteiger partial charge in [-0.1, -0.05) is 6.92 Å². The molecule has 2 N–H and O–H groups in total. The average Bonchev–Trinajstić information content (AvgIpc) is 3.29. The topological polar surface area (TPSA) is 66.6 Å². The molecule has 0 spiro atoms. The predicted molar refractivity (Wildman–Crippen MR) is 78.0 cm³/mol. The van der Waals surface area contributed by atoms with Crippen LogP contribution in [0.2, 0.25) is 0 Å².